The van der Waals surface area contributed by atoms with E-state index in [0.29, 0.717) is 19.8 Å². The monoisotopic (exact) mass is 756 g/mol. The topological polar surface area (TPSA) is 27.7 Å². The van der Waals surface area contributed by atoms with E-state index in [-0.39, 0.29) is 0 Å². The van der Waals surface area contributed by atoms with Crippen LogP contribution in [0.4, 0.5) is 0 Å². The largest absolute Gasteiger partial charge is 0.491 e. The molecule has 3 nitrogen and oxygen atoms in total. The lowest BCUT2D eigenvalue weighted by Crippen LogP contribution is -2.21. The third kappa shape index (κ3) is 20.3. The fourth-order valence-corrected chi connectivity index (χ4v) is 9.65. The fraction of sp³-hybridized carbons (Fsp3) is 0.692. The molecule has 0 heterocycles. The van der Waals surface area contributed by atoms with Crippen LogP contribution < -0.4 is 14.2 Å². The van der Waals surface area contributed by atoms with Gasteiger partial charge in [0.15, 0.2) is 17.2 Å². The molecule has 0 spiro atoms. The molecule has 0 unspecified atom stereocenters. The van der Waals surface area contributed by atoms with E-state index >= 15 is 0 Å². The summed E-state index contributed by atoms with van der Waals surface area (Å²) in [4.78, 5) is 0. The lowest BCUT2D eigenvalue weighted by Gasteiger charge is -2.23. The van der Waals surface area contributed by atoms with Gasteiger partial charge in [0, 0.05) is 24.2 Å². The van der Waals surface area contributed by atoms with Crippen LogP contribution in [-0.4, -0.2) is 68.3 Å². The van der Waals surface area contributed by atoms with Gasteiger partial charge in [-0.25, -0.2) is 0 Å². The molecule has 0 fully saturated rings. The second-order valence-corrected chi connectivity index (χ2v) is 51.3. The van der Waals surface area contributed by atoms with Gasteiger partial charge in [0.05, 0.1) is 19.8 Å². The number of ether oxygens (including phenoxy) is 3. The van der Waals surface area contributed by atoms with Crippen LogP contribution >= 0.6 is 0 Å². The van der Waals surface area contributed by atoms with Crippen molar-refractivity contribution in [3.8, 4) is 51.6 Å². The summed E-state index contributed by atoms with van der Waals surface area (Å²) in [6, 6.07) is 3.62. The van der Waals surface area contributed by atoms with Crippen LogP contribution in [0, 0.1) is 34.4 Å². The Morgan fingerprint density at radius 2 is 0.562 bits per heavy atom. The van der Waals surface area contributed by atoms with E-state index in [1.54, 1.807) is 0 Å². The van der Waals surface area contributed by atoms with E-state index in [1.807, 2.05) is 0 Å². The van der Waals surface area contributed by atoms with Crippen molar-refractivity contribution >= 4 is 48.4 Å². The van der Waals surface area contributed by atoms with Gasteiger partial charge in [0.2, 0.25) is 0 Å². The molecule has 0 aliphatic rings. The number of hydrogen-bond donors (Lipinski definition) is 0. The van der Waals surface area contributed by atoms with E-state index in [1.165, 1.54) is 18.1 Å². The lowest BCUT2D eigenvalue weighted by molar-refractivity contribution is 0.282. The van der Waals surface area contributed by atoms with Gasteiger partial charge in [-0.05, 0) is 19.3 Å². The van der Waals surface area contributed by atoms with Crippen molar-refractivity contribution in [3.63, 3.8) is 0 Å². The van der Waals surface area contributed by atoms with Gasteiger partial charge in [-0.2, -0.15) is 0 Å². The van der Waals surface area contributed by atoms with Crippen molar-refractivity contribution in [3.05, 3.63) is 16.7 Å². The zero-order valence-electron chi connectivity index (χ0n) is 34.6. The van der Waals surface area contributed by atoms with Gasteiger partial charge >= 0.3 is 0 Å². The predicted molar refractivity (Wildman–Crippen MR) is 232 cm³/mol. The van der Waals surface area contributed by atoms with E-state index in [2.05, 4.69) is 152 Å². The lowest BCUT2D eigenvalue weighted by atomic mass is 10.0. The molecule has 9 heteroatoms. The molecule has 0 N–H and O–H groups in total. The molecular weight excluding hydrogens is 685 g/mol. The van der Waals surface area contributed by atoms with Crippen molar-refractivity contribution in [2.75, 3.05) is 19.8 Å². The molecule has 0 bridgehead atoms. The highest BCUT2D eigenvalue weighted by molar-refractivity contribution is 6.84. The van der Waals surface area contributed by atoms with Crippen LogP contribution in [-0.2, 0) is 0 Å². The smallest absolute Gasteiger partial charge is 0.158 e. The number of rotatable bonds is 15. The summed E-state index contributed by atoms with van der Waals surface area (Å²) in [5.41, 5.74) is 13.4. The van der Waals surface area contributed by atoms with Crippen molar-refractivity contribution in [1.82, 2.24) is 0 Å². The molecule has 1 rings (SSSR count). The summed E-state index contributed by atoms with van der Waals surface area (Å²) in [7, 11) is -8.90. The summed E-state index contributed by atoms with van der Waals surface area (Å²) in [6.45, 7) is 44.3. The van der Waals surface area contributed by atoms with Crippen molar-refractivity contribution in [2.24, 2.45) is 0 Å². The Labute approximate surface area is 304 Å². The minimum Gasteiger partial charge on any atom is -0.491 e. The molecule has 0 radical (unpaired) electrons. The first kappa shape index (κ1) is 44.6. The Morgan fingerprint density at radius 1 is 0.354 bits per heavy atom. The summed E-state index contributed by atoms with van der Waals surface area (Å²) in [5, 5.41) is 0. The summed E-state index contributed by atoms with van der Waals surface area (Å²) in [5.74, 6) is 13.1. The first-order valence-corrected chi connectivity index (χ1v) is 39.9. The number of hydrogen-bond acceptors (Lipinski definition) is 3. The van der Waals surface area contributed by atoms with Crippen LogP contribution in [0.3, 0.4) is 0 Å². The SMILES string of the molecule is C[Si](C)(C)C#Cc1c(OCCC[Si](C)(C)C)c(C#C[Si](C)(C)C)c(OCCC[Si](C)(C)C)c(C#C[Si](C)(C)C)c1OCCC[Si](C)(C)C. The van der Waals surface area contributed by atoms with Crippen LogP contribution in [0.5, 0.6) is 17.2 Å². The van der Waals surface area contributed by atoms with E-state index < -0.39 is 48.4 Å². The molecule has 0 aliphatic heterocycles. The van der Waals surface area contributed by atoms with Crippen molar-refractivity contribution < 1.29 is 14.2 Å². The average Bonchev–Trinajstić information content (AvgIpc) is 2.85. The van der Waals surface area contributed by atoms with Gasteiger partial charge in [-0.15, -0.1) is 16.6 Å². The Bertz CT molecular complexity index is 1200. The minimum absolute atomic E-state index is 0.623. The van der Waals surface area contributed by atoms with Gasteiger partial charge in [-0.3, -0.25) is 0 Å². The molecule has 0 saturated heterocycles. The van der Waals surface area contributed by atoms with Crippen molar-refractivity contribution in [2.45, 2.75) is 155 Å². The highest BCUT2D eigenvalue weighted by Crippen LogP contribution is 2.44. The third-order valence-electron chi connectivity index (χ3n) is 7.00. The molecule has 0 amide bonds. The first-order valence-electron chi connectivity index (χ1n) is 18.3. The molecule has 1 aromatic carbocycles. The minimum atomic E-state index is -1.75. The van der Waals surface area contributed by atoms with Crippen molar-refractivity contribution in [1.29, 1.82) is 0 Å². The Balaban J connectivity index is 4.30. The quantitative estimate of drug-likeness (QED) is 0.101. The second kappa shape index (κ2) is 18.2. The fourth-order valence-electron chi connectivity index (χ4n) is 4.54. The second-order valence-electron chi connectivity index (χ2n) is 20.2. The molecule has 270 valence electrons. The normalized spacial score (nSPS) is 12.6. The van der Waals surface area contributed by atoms with Gasteiger partial charge in [-0.1, -0.05) is 154 Å². The number of benzene rings is 1. The third-order valence-corrected chi connectivity index (χ3v) is 15.2. The Hall–Kier alpha value is -1.40. The molecule has 0 saturated carbocycles. The van der Waals surface area contributed by atoms with Crippen LogP contribution in [0.25, 0.3) is 0 Å². The average molecular weight is 758 g/mol. The maximum atomic E-state index is 6.86. The van der Waals surface area contributed by atoms with Crippen LogP contribution in [0.1, 0.15) is 36.0 Å². The Kier molecular flexibility index (Phi) is 16.9. The van der Waals surface area contributed by atoms with Gasteiger partial charge in [0.1, 0.15) is 40.9 Å². The highest BCUT2D eigenvalue weighted by atomic mass is 28.3. The van der Waals surface area contributed by atoms with E-state index in [4.69, 9.17) is 14.2 Å². The zero-order chi connectivity index (χ0) is 37.2. The molecule has 0 aromatic heterocycles. The standard InChI is InChI=1S/C39H72O3Si6/c1-43(2,3)28-19-25-40-37-34(22-31-46(10,11)12)38(41-26-20-29-44(4,5)6)36(24-33-48(16,17)18)39(35(37)23-32-47(13,14)15)42-27-21-30-45(7,8)9/h19-21,25-30H2,1-18H3. The molecule has 0 aliphatic carbocycles. The maximum Gasteiger partial charge on any atom is 0.158 e. The zero-order valence-corrected chi connectivity index (χ0v) is 40.6. The summed E-state index contributed by atoms with van der Waals surface area (Å²) >= 11 is 0. The van der Waals surface area contributed by atoms with Gasteiger partial charge < -0.3 is 14.2 Å². The summed E-state index contributed by atoms with van der Waals surface area (Å²) < 4.78 is 20.6. The van der Waals surface area contributed by atoms with E-state index in [9.17, 15) is 0 Å². The maximum absolute atomic E-state index is 6.86. The van der Waals surface area contributed by atoms with Crippen LogP contribution in [0.15, 0.2) is 0 Å². The molecular formula is C39H72O3Si6. The molecule has 48 heavy (non-hydrogen) atoms. The van der Waals surface area contributed by atoms with Crippen LogP contribution in [0.2, 0.25) is 136 Å². The molecule has 0 atom stereocenters. The summed E-state index contributed by atoms with van der Waals surface area (Å²) in [6.07, 6.45) is 3.02. The Morgan fingerprint density at radius 3 is 0.729 bits per heavy atom. The van der Waals surface area contributed by atoms with E-state index in [0.717, 1.165) is 53.2 Å². The first-order chi connectivity index (χ1) is 21.6. The predicted octanol–water partition coefficient (Wildman–Crippen LogP) is 11.7. The highest BCUT2D eigenvalue weighted by Gasteiger charge is 2.28. The van der Waals surface area contributed by atoms with Gasteiger partial charge in [0.25, 0.3) is 0 Å². The molecule has 1 aromatic rings.